The van der Waals surface area contributed by atoms with Crippen molar-refractivity contribution in [3.05, 3.63) is 47.0 Å². The topological polar surface area (TPSA) is 54.3 Å². The first-order valence-electron chi connectivity index (χ1n) is 5.86. The molecule has 0 unspecified atom stereocenters. The lowest BCUT2D eigenvalue weighted by atomic mass is 10.1. The number of hydrogen-bond donors (Lipinski definition) is 1. The van der Waals surface area contributed by atoms with Crippen LogP contribution in [0.5, 0.6) is 11.5 Å². The van der Waals surface area contributed by atoms with Gasteiger partial charge < -0.3 is 14.8 Å². The Morgan fingerprint density at radius 1 is 1.10 bits per heavy atom. The molecule has 0 atom stereocenters. The zero-order valence-corrected chi connectivity index (χ0v) is 11.9. The minimum Gasteiger partial charge on any atom is -0.497 e. The maximum Gasteiger partial charge on any atom is 0.139 e. The van der Waals surface area contributed by atoms with Crippen LogP contribution in [0.4, 0.5) is 11.4 Å². The molecule has 2 rings (SSSR count). The van der Waals surface area contributed by atoms with E-state index in [-0.39, 0.29) is 0 Å². The summed E-state index contributed by atoms with van der Waals surface area (Å²) >= 11 is 5.98. The van der Waals surface area contributed by atoms with E-state index in [0.29, 0.717) is 27.8 Å². The molecule has 0 radical (unpaired) electrons. The average molecular weight is 289 g/mol. The number of hydrogen-bond acceptors (Lipinski definition) is 4. The van der Waals surface area contributed by atoms with Gasteiger partial charge in [0.25, 0.3) is 0 Å². The van der Waals surface area contributed by atoms with Gasteiger partial charge in [0.05, 0.1) is 30.5 Å². The number of nitrogens with zero attached hydrogens (tertiary/aromatic N) is 1. The van der Waals surface area contributed by atoms with Gasteiger partial charge >= 0.3 is 0 Å². The lowest BCUT2D eigenvalue weighted by Crippen LogP contribution is -1.96. The minimum atomic E-state index is 0.528. The van der Waals surface area contributed by atoms with Gasteiger partial charge in [0.15, 0.2) is 0 Å². The van der Waals surface area contributed by atoms with Crippen LogP contribution in [0.1, 0.15) is 5.56 Å². The van der Waals surface area contributed by atoms with Gasteiger partial charge in [-0.25, -0.2) is 0 Å². The SMILES string of the molecule is COc1ccc(C#N)c(Nc2ccc(Cl)c(OC)c2)c1. The van der Waals surface area contributed by atoms with Crippen molar-refractivity contribution in [2.45, 2.75) is 0 Å². The number of nitrogens with one attached hydrogen (secondary N) is 1. The Bertz CT molecular complexity index is 665. The van der Waals surface area contributed by atoms with Crippen molar-refractivity contribution in [3.63, 3.8) is 0 Å². The normalized spacial score (nSPS) is 9.70. The largest absolute Gasteiger partial charge is 0.497 e. The fourth-order valence-corrected chi connectivity index (χ4v) is 1.94. The van der Waals surface area contributed by atoms with E-state index in [1.807, 2.05) is 6.07 Å². The maximum absolute atomic E-state index is 9.13. The zero-order valence-electron chi connectivity index (χ0n) is 11.1. The number of benzene rings is 2. The summed E-state index contributed by atoms with van der Waals surface area (Å²) in [6.45, 7) is 0. The lowest BCUT2D eigenvalue weighted by Gasteiger charge is -2.11. The fraction of sp³-hybridized carbons (Fsp3) is 0.133. The standard InChI is InChI=1S/C15H13ClN2O2/c1-19-12-5-3-10(9-17)14(8-12)18-11-4-6-13(16)15(7-11)20-2/h3-8,18H,1-2H3. The van der Waals surface area contributed by atoms with Gasteiger partial charge in [-0.15, -0.1) is 0 Å². The van der Waals surface area contributed by atoms with Crippen LogP contribution in [-0.4, -0.2) is 14.2 Å². The quantitative estimate of drug-likeness (QED) is 0.925. The number of halogens is 1. The van der Waals surface area contributed by atoms with Gasteiger partial charge in [-0.3, -0.25) is 0 Å². The Kier molecular flexibility index (Phi) is 4.34. The molecule has 0 amide bonds. The maximum atomic E-state index is 9.13. The molecular formula is C15H13ClN2O2. The lowest BCUT2D eigenvalue weighted by molar-refractivity contribution is 0.415. The smallest absolute Gasteiger partial charge is 0.139 e. The summed E-state index contributed by atoms with van der Waals surface area (Å²) in [6, 6.07) is 12.6. The molecule has 1 N–H and O–H groups in total. The molecule has 20 heavy (non-hydrogen) atoms. The van der Waals surface area contributed by atoms with E-state index < -0.39 is 0 Å². The van der Waals surface area contributed by atoms with E-state index in [2.05, 4.69) is 11.4 Å². The van der Waals surface area contributed by atoms with Crippen LogP contribution in [0.15, 0.2) is 36.4 Å². The molecule has 0 fully saturated rings. The Morgan fingerprint density at radius 2 is 1.90 bits per heavy atom. The van der Waals surface area contributed by atoms with E-state index in [4.69, 9.17) is 26.3 Å². The summed E-state index contributed by atoms with van der Waals surface area (Å²) in [4.78, 5) is 0. The second kappa shape index (κ2) is 6.18. The first kappa shape index (κ1) is 14.0. The van der Waals surface area contributed by atoms with Gasteiger partial charge in [-0.05, 0) is 24.3 Å². The molecule has 102 valence electrons. The molecule has 0 spiro atoms. The molecule has 0 aliphatic carbocycles. The highest BCUT2D eigenvalue weighted by atomic mass is 35.5. The van der Waals surface area contributed by atoms with Crippen LogP contribution in [-0.2, 0) is 0 Å². The molecule has 0 saturated heterocycles. The van der Waals surface area contributed by atoms with Crippen molar-refractivity contribution in [1.82, 2.24) is 0 Å². The van der Waals surface area contributed by atoms with E-state index in [9.17, 15) is 0 Å². The molecular weight excluding hydrogens is 276 g/mol. The van der Waals surface area contributed by atoms with Gasteiger partial charge in [-0.1, -0.05) is 11.6 Å². The Hall–Kier alpha value is -2.38. The monoisotopic (exact) mass is 288 g/mol. The highest BCUT2D eigenvalue weighted by molar-refractivity contribution is 6.32. The molecule has 2 aromatic carbocycles. The van der Waals surface area contributed by atoms with Crippen molar-refractivity contribution in [1.29, 1.82) is 5.26 Å². The molecule has 0 aliphatic rings. The van der Waals surface area contributed by atoms with Crippen LogP contribution >= 0.6 is 11.6 Å². The van der Waals surface area contributed by atoms with Crippen LogP contribution in [0.25, 0.3) is 0 Å². The summed E-state index contributed by atoms with van der Waals surface area (Å²) in [5.41, 5.74) is 1.96. The van der Waals surface area contributed by atoms with E-state index >= 15 is 0 Å². The summed E-state index contributed by atoms with van der Waals surface area (Å²) < 4.78 is 10.3. The van der Waals surface area contributed by atoms with Crippen molar-refractivity contribution >= 4 is 23.0 Å². The second-order valence-electron chi connectivity index (χ2n) is 4.00. The molecule has 0 saturated carbocycles. The first-order valence-corrected chi connectivity index (χ1v) is 6.24. The number of anilines is 2. The third-order valence-electron chi connectivity index (χ3n) is 2.78. The number of methoxy groups -OCH3 is 2. The predicted octanol–water partition coefficient (Wildman–Crippen LogP) is 3.97. The third-order valence-corrected chi connectivity index (χ3v) is 3.09. The number of ether oxygens (including phenoxy) is 2. The molecule has 5 heteroatoms. The summed E-state index contributed by atoms with van der Waals surface area (Å²) in [6.07, 6.45) is 0. The van der Waals surface area contributed by atoms with Crippen molar-refractivity contribution < 1.29 is 9.47 Å². The van der Waals surface area contributed by atoms with Crippen LogP contribution < -0.4 is 14.8 Å². The van der Waals surface area contributed by atoms with Gasteiger partial charge in [0.1, 0.15) is 17.6 Å². The van der Waals surface area contributed by atoms with Crippen LogP contribution in [0.2, 0.25) is 5.02 Å². The van der Waals surface area contributed by atoms with Gasteiger partial charge in [0.2, 0.25) is 0 Å². The highest BCUT2D eigenvalue weighted by Crippen LogP contribution is 2.31. The molecule has 0 heterocycles. The van der Waals surface area contributed by atoms with Crippen LogP contribution in [0, 0.1) is 11.3 Å². The Balaban J connectivity index is 2.36. The van der Waals surface area contributed by atoms with E-state index in [0.717, 1.165) is 5.69 Å². The van der Waals surface area contributed by atoms with Crippen molar-refractivity contribution in [2.75, 3.05) is 19.5 Å². The summed E-state index contributed by atoms with van der Waals surface area (Å²) in [7, 11) is 3.13. The molecule has 0 aromatic heterocycles. The predicted molar refractivity (Wildman–Crippen MR) is 79.0 cm³/mol. The zero-order chi connectivity index (χ0) is 14.5. The molecule has 0 bridgehead atoms. The van der Waals surface area contributed by atoms with E-state index in [1.165, 1.54) is 0 Å². The van der Waals surface area contributed by atoms with E-state index in [1.54, 1.807) is 44.6 Å². The van der Waals surface area contributed by atoms with Gasteiger partial charge in [-0.2, -0.15) is 5.26 Å². The van der Waals surface area contributed by atoms with Crippen molar-refractivity contribution in [2.24, 2.45) is 0 Å². The second-order valence-corrected chi connectivity index (χ2v) is 4.40. The van der Waals surface area contributed by atoms with Gasteiger partial charge in [0, 0.05) is 17.8 Å². The Labute approximate surface area is 122 Å². The number of nitriles is 1. The van der Waals surface area contributed by atoms with Crippen LogP contribution in [0.3, 0.4) is 0 Å². The first-order chi connectivity index (χ1) is 9.67. The molecule has 0 aliphatic heterocycles. The number of rotatable bonds is 4. The highest BCUT2D eigenvalue weighted by Gasteiger charge is 2.07. The Morgan fingerprint density at radius 3 is 2.55 bits per heavy atom. The minimum absolute atomic E-state index is 0.528. The molecule has 2 aromatic rings. The molecule has 4 nitrogen and oxygen atoms in total. The average Bonchev–Trinajstić information content (AvgIpc) is 2.49. The summed E-state index contributed by atoms with van der Waals surface area (Å²) in [5.74, 6) is 1.24. The third kappa shape index (κ3) is 2.95. The van der Waals surface area contributed by atoms with Crippen molar-refractivity contribution in [3.8, 4) is 17.6 Å². The summed E-state index contributed by atoms with van der Waals surface area (Å²) in [5, 5.41) is 12.8. The fourth-order valence-electron chi connectivity index (χ4n) is 1.74.